The molecule has 6 heteroatoms. The van der Waals surface area contributed by atoms with E-state index in [2.05, 4.69) is 9.97 Å². The number of benzene rings is 1. The van der Waals surface area contributed by atoms with E-state index in [0.29, 0.717) is 5.82 Å². The number of nitrogens with two attached hydrogens (primary N) is 1. The van der Waals surface area contributed by atoms with E-state index < -0.39 is 16.5 Å². The molecule has 1 heterocycles. The Hall–Kier alpha value is -1.24. The van der Waals surface area contributed by atoms with E-state index in [-0.39, 0.29) is 0 Å². The van der Waals surface area contributed by atoms with Gasteiger partial charge in [-0.3, -0.25) is 0 Å². The van der Waals surface area contributed by atoms with Crippen LogP contribution in [0.4, 0.5) is 0 Å². The summed E-state index contributed by atoms with van der Waals surface area (Å²) < 4.78 is 19.5. The molecule has 5 nitrogen and oxygen atoms in total. The Balaban J connectivity index is 2.50. The predicted octanol–water partition coefficient (Wildman–Crippen LogP) is 0.742. The molecule has 2 unspecified atom stereocenters. The van der Waals surface area contributed by atoms with Crippen LogP contribution in [-0.4, -0.2) is 18.7 Å². The summed E-state index contributed by atoms with van der Waals surface area (Å²) in [6.07, 6.45) is 0. The van der Waals surface area contributed by atoms with Gasteiger partial charge in [-0.25, -0.2) is 9.19 Å². The number of nitrogens with one attached hydrogen (secondary N) is 1. The van der Waals surface area contributed by atoms with E-state index in [9.17, 15) is 4.21 Å². The topological polar surface area (TPSA) is 92.0 Å². The van der Waals surface area contributed by atoms with Crippen LogP contribution in [0.1, 0.15) is 11.2 Å². The molecule has 0 radical (unpaired) electrons. The second-order valence-electron chi connectivity index (χ2n) is 2.84. The minimum Gasteiger partial charge on any atom is -0.340 e. The van der Waals surface area contributed by atoms with Gasteiger partial charge in [0, 0.05) is 0 Å². The lowest BCUT2D eigenvalue weighted by atomic mass is 10.3. The van der Waals surface area contributed by atoms with Crippen LogP contribution < -0.4 is 5.73 Å². The van der Waals surface area contributed by atoms with Gasteiger partial charge in [-0.2, -0.15) is 0 Å². The molecule has 0 spiro atoms. The third kappa shape index (κ3) is 1.54. The van der Waals surface area contributed by atoms with Crippen LogP contribution in [0.25, 0.3) is 11.0 Å². The van der Waals surface area contributed by atoms with Crippen LogP contribution in [0.5, 0.6) is 0 Å². The molecule has 1 aromatic carbocycles. The monoisotopic (exact) mass is 211 g/mol. The average Bonchev–Trinajstić information content (AvgIpc) is 2.59. The number of para-hydroxylation sites is 2. The zero-order chi connectivity index (χ0) is 10.1. The number of rotatable bonds is 2. The van der Waals surface area contributed by atoms with Crippen LogP contribution in [-0.2, 0) is 11.1 Å². The van der Waals surface area contributed by atoms with Crippen LogP contribution in [0.2, 0.25) is 0 Å². The molecule has 0 amide bonds. The number of nitrogens with zero attached hydrogens (tertiary/aromatic N) is 1. The van der Waals surface area contributed by atoms with Crippen LogP contribution in [0.15, 0.2) is 24.3 Å². The molecule has 0 fully saturated rings. The molecule has 4 N–H and O–H groups in total. The van der Waals surface area contributed by atoms with E-state index in [1.807, 2.05) is 24.3 Å². The highest BCUT2D eigenvalue weighted by atomic mass is 32.2. The molecule has 0 aliphatic rings. The Morgan fingerprint density at radius 2 is 2.21 bits per heavy atom. The van der Waals surface area contributed by atoms with Gasteiger partial charge in [0.05, 0.1) is 11.0 Å². The molecule has 0 saturated heterocycles. The molecule has 2 rings (SSSR count). The van der Waals surface area contributed by atoms with Crippen molar-refractivity contribution in [1.29, 1.82) is 0 Å². The zero-order valence-corrected chi connectivity index (χ0v) is 7.99. The van der Waals surface area contributed by atoms with Crippen molar-refractivity contribution >= 4 is 22.1 Å². The third-order valence-electron chi connectivity index (χ3n) is 1.89. The zero-order valence-electron chi connectivity index (χ0n) is 7.18. The number of aromatic amines is 1. The quantitative estimate of drug-likeness (QED) is 0.639. The molecule has 1 aromatic heterocycles. The van der Waals surface area contributed by atoms with Crippen molar-refractivity contribution in [3.63, 3.8) is 0 Å². The lowest BCUT2D eigenvalue weighted by Gasteiger charge is -2.00. The van der Waals surface area contributed by atoms with Crippen molar-refractivity contribution in [2.45, 2.75) is 5.37 Å². The molecule has 0 bridgehead atoms. The molecule has 74 valence electrons. The van der Waals surface area contributed by atoms with Crippen molar-refractivity contribution in [1.82, 2.24) is 9.97 Å². The highest BCUT2D eigenvalue weighted by molar-refractivity contribution is 7.79. The lowest BCUT2D eigenvalue weighted by Crippen LogP contribution is -2.16. The van der Waals surface area contributed by atoms with Gasteiger partial charge in [0.25, 0.3) is 0 Å². The first-order chi connectivity index (χ1) is 6.68. The fourth-order valence-corrected chi connectivity index (χ4v) is 1.51. The summed E-state index contributed by atoms with van der Waals surface area (Å²) in [5.41, 5.74) is 7.01. The molecule has 14 heavy (non-hydrogen) atoms. The maximum absolute atomic E-state index is 10.7. The van der Waals surface area contributed by atoms with Crippen molar-refractivity contribution < 1.29 is 8.76 Å². The molecule has 2 aromatic rings. The van der Waals surface area contributed by atoms with E-state index in [0.717, 1.165) is 11.0 Å². The van der Waals surface area contributed by atoms with Crippen molar-refractivity contribution in [2.24, 2.45) is 5.73 Å². The van der Waals surface area contributed by atoms with E-state index >= 15 is 0 Å². The highest BCUT2D eigenvalue weighted by Gasteiger charge is 2.15. The molecular formula is C8H9N3O2S. The second-order valence-corrected chi connectivity index (χ2v) is 3.90. The van der Waals surface area contributed by atoms with Crippen molar-refractivity contribution in [3.8, 4) is 0 Å². The molecule has 0 aliphatic carbocycles. The summed E-state index contributed by atoms with van der Waals surface area (Å²) in [5.74, 6) is 0.326. The average molecular weight is 211 g/mol. The molecule has 0 aliphatic heterocycles. The first-order valence-corrected chi connectivity index (χ1v) is 5.15. The first kappa shape index (κ1) is 9.32. The molecular weight excluding hydrogens is 202 g/mol. The summed E-state index contributed by atoms with van der Waals surface area (Å²) >= 11 is -2.10. The van der Waals surface area contributed by atoms with Crippen LogP contribution in [0.3, 0.4) is 0 Å². The minimum absolute atomic E-state index is 0.326. The normalized spacial score (nSPS) is 15.6. The number of hydrogen-bond donors (Lipinski definition) is 3. The number of imidazole rings is 1. The van der Waals surface area contributed by atoms with Gasteiger partial charge in [-0.15, -0.1) is 0 Å². The summed E-state index contributed by atoms with van der Waals surface area (Å²) in [6, 6.07) is 7.33. The lowest BCUT2D eigenvalue weighted by molar-refractivity contribution is 0.548. The fraction of sp³-hybridized carbons (Fsp3) is 0.125. The first-order valence-electron chi connectivity index (χ1n) is 3.98. The standard InChI is InChI=1S/C8H9N3O2S/c9-7(14(12)13)8-10-5-3-1-2-4-6(5)11-8/h1-4,7H,9H2,(H,10,11)(H,12,13). The van der Waals surface area contributed by atoms with Gasteiger partial charge in [0.15, 0.2) is 16.5 Å². The Labute approximate surface area is 82.6 Å². The fourth-order valence-electron chi connectivity index (χ4n) is 1.20. The van der Waals surface area contributed by atoms with Crippen molar-refractivity contribution in [3.05, 3.63) is 30.1 Å². The summed E-state index contributed by atoms with van der Waals surface area (Å²) in [5, 5.41) is -0.984. The minimum atomic E-state index is -2.10. The van der Waals surface area contributed by atoms with Gasteiger partial charge in [-0.05, 0) is 12.1 Å². The summed E-state index contributed by atoms with van der Waals surface area (Å²) in [7, 11) is 0. The van der Waals surface area contributed by atoms with Gasteiger partial charge in [-0.1, -0.05) is 12.1 Å². The van der Waals surface area contributed by atoms with Crippen LogP contribution in [0, 0.1) is 0 Å². The predicted molar refractivity (Wildman–Crippen MR) is 53.8 cm³/mol. The smallest absolute Gasteiger partial charge is 0.178 e. The summed E-state index contributed by atoms with van der Waals surface area (Å²) in [4.78, 5) is 6.99. The van der Waals surface area contributed by atoms with Crippen LogP contribution >= 0.6 is 0 Å². The summed E-state index contributed by atoms with van der Waals surface area (Å²) in [6.45, 7) is 0. The SMILES string of the molecule is NC(c1nc2ccccc2[nH]1)S(=O)O. The Morgan fingerprint density at radius 3 is 2.86 bits per heavy atom. The van der Waals surface area contributed by atoms with Gasteiger partial charge in [0.2, 0.25) is 0 Å². The van der Waals surface area contributed by atoms with E-state index in [1.165, 1.54) is 0 Å². The van der Waals surface area contributed by atoms with Gasteiger partial charge in [0.1, 0.15) is 5.82 Å². The Morgan fingerprint density at radius 1 is 1.50 bits per heavy atom. The number of fused-ring (bicyclic) bond motifs is 1. The van der Waals surface area contributed by atoms with Gasteiger partial charge >= 0.3 is 0 Å². The number of H-pyrrole nitrogens is 1. The Kier molecular flexibility index (Phi) is 2.32. The number of hydrogen-bond acceptors (Lipinski definition) is 3. The maximum Gasteiger partial charge on any atom is 0.178 e. The Bertz CT molecular complexity index is 449. The van der Waals surface area contributed by atoms with Gasteiger partial charge < -0.3 is 15.3 Å². The second kappa shape index (κ2) is 3.49. The number of aromatic nitrogens is 2. The molecule has 2 atom stereocenters. The largest absolute Gasteiger partial charge is 0.340 e. The maximum atomic E-state index is 10.7. The molecule has 0 saturated carbocycles. The van der Waals surface area contributed by atoms with E-state index in [1.54, 1.807) is 0 Å². The van der Waals surface area contributed by atoms with Crippen molar-refractivity contribution in [2.75, 3.05) is 0 Å². The third-order valence-corrected chi connectivity index (χ3v) is 2.55. The highest BCUT2D eigenvalue weighted by Crippen LogP contribution is 2.15. The van der Waals surface area contributed by atoms with E-state index in [4.69, 9.17) is 10.3 Å².